The summed E-state index contributed by atoms with van der Waals surface area (Å²) in [5.41, 5.74) is 0.332. The monoisotopic (exact) mass is 446 g/mol. The van der Waals surface area contributed by atoms with E-state index in [1.54, 1.807) is 0 Å². The second-order valence-corrected chi connectivity index (χ2v) is 9.72. The van der Waals surface area contributed by atoms with Crippen LogP contribution in [0.2, 0.25) is 5.02 Å². The first-order valence-corrected chi connectivity index (χ1v) is 12.1. The lowest BCUT2D eigenvalue weighted by Gasteiger charge is -2.25. The number of carbonyl (C=O) groups excluding carboxylic acids is 1. The zero-order valence-corrected chi connectivity index (χ0v) is 18.9. The zero-order chi connectivity index (χ0) is 21.4. The molecule has 0 unspecified atom stereocenters. The summed E-state index contributed by atoms with van der Waals surface area (Å²) in [6.07, 6.45) is 7.85. The lowest BCUT2D eigenvalue weighted by atomic mass is 9.89. The van der Waals surface area contributed by atoms with Crippen molar-refractivity contribution in [1.29, 1.82) is 0 Å². The maximum atomic E-state index is 12.4. The van der Waals surface area contributed by atoms with Gasteiger partial charge in [0.1, 0.15) is 11.5 Å². The molecule has 1 amide bonds. The summed E-state index contributed by atoms with van der Waals surface area (Å²) in [7, 11) is -0.690. The lowest BCUT2D eigenvalue weighted by molar-refractivity contribution is -0.121. The number of methoxy groups -OCH3 is 2. The normalized spacial score (nSPS) is 15.0. The lowest BCUT2D eigenvalue weighted by Crippen LogP contribution is -2.33. The van der Waals surface area contributed by atoms with E-state index in [4.69, 9.17) is 21.1 Å². The molecule has 1 aliphatic carbocycles. The molecule has 0 bridgehead atoms. The minimum absolute atomic E-state index is 0.0512. The van der Waals surface area contributed by atoms with Crippen molar-refractivity contribution in [3.8, 4) is 11.5 Å². The first-order valence-electron chi connectivity index (χ1n) is 9.92. The van der Waals surface area contributed by atoms with Gasteiger partial charge in [-0.15, -0.1) is 0 Å². The Balaban J connectivity index is 2.00. The number of nitrogens with zero attached hydrogens (tertiary/aromatic N) is 1. The first kappa shape index (κ1) is 23.6. The van der Waals surface area contributed by atoms with Gasteiger partial charge in [0.05, 0.1) is 31.2 Å². The third-order valence-corrected chi connectivity index (χ3v) is 6.68. The largest absolute Gasteiger partial charge is 0.495 e. The number of sulfonamides is 1. The Morgan fingerprint density at radius 1 is 1.17 bits per heavy atom. The Morgan fingerprint density at radius 2 is 1.83 bits per heavy atom. The molecule has 0 spiro atoms. The highest BCUT2D eigenvalue weighted by Gasteiger charge is 2.23. The highest BCUT2D eigenvalue weighted by molar-refractivity contribution is 7.92. The van der Waals surface area contributed by atoms with E-state index in [-0.39, 0.29) is 18.9 Å². The number of benzene rings is 1. The number of hydrogen-bond acceptors (Lipinski definition) is 5. The number of halogens is 1. The van der Waals surface area contributed by atoms with Crippen molar-refractivity contribution in [2.75, 3.05) is 37.9 Å². The minimum atomic E-state index is -3.59. The van der Waals surface area contributed by atoms with Gasteiger partial charge in [-0.1, -0.05) is 30.9 Å². The van der Waals surface area contributed by atoms with Crippen LogP contribution in [0.1, 0.15) is 44.9 Å². The Kier molecular flexibility index (Phi) is 8.89. The smallest absolute Gasteiger partial charge is 0.232 e. The van der Waals surface area contributed by atoms with E-state index in [1.165, 1.54) is 62.8 Å². The summed E-state index contributed by atoms with van der Waals surface area (Å²) in [5, 5.41) is 3.31. The molecule has 1 saturated carbocycles. The van der Waals surface area contributed by atoms with Gasteiger partial charge in [0.15, 0.2) is 0 Å². The summed E-state index contributed by atoms with van der Waals surface area (Å²) in [6, 6.07) is 3.05. The first-order chi connectivity index (χ1) is 13.8. The molecule has 164 valence electrons. The van der Waals surface area contributed by atoms with Crippen LogP contribution in [-0.2, 0) is 14.8 Å². The van der Waals surface area contributed by atoms with Crippen LogP contribution >= 0.6 is 11.6 Å². The van der Waals surface area contributed by atoms with Gasteiger partial charge >= 0.3 is 0 Å². The highest BCUT2D eigenvalue weighted by Crippen LogP contribution is 2.39. The minimum Gasteiger partial charge on any atom is -0.495 e. The summed E-state index contributed by atoms with van der Waals surface area (Å²) >= 11 is 6.12. The maximum Gasteiger partial charge on any atom is 0.232 e. The van der Waals surface area contributed by atoms with Crippen LogP contribution in [0.4, 0.5) is 5.69 Å². The Hall–Kier alpha value is -1.67. The molecule has 0 aliphatic heterocycles. The van der Waals surface area contributed by atoms with E-state index in [9.17, 15) is 13.2 Å². The highest BCUT2D eigenvalue weighted by atomic mass is 35.5. The molecule has 0 atom stereocenters. The molecule has 29 heavy (non-hydrogen) atoms. The van der Waals surface area contributed by atoms with Gasteiger partial charge in [-0.05, 0) is 25.2 Å². The second-order valence-electron chi connectivity index (χ2n) is 7.41. The molecule has 0 aromatic heterocycles. The van der Waals surface area contributed by atoms with Gasteiger partial charge in [-0.3, -0.25) is 9.10 Å². The molecule has 1 fully saturated rings. The second kappa shape index (κ2) is 10.9. The maximum absolute atomic E-state index is 12.4. The summed E-state index contributed by atoms with van der Waals surface area (Å²) in [4.78, 5) is 12.2. The van der Waals surface area contributed by atoms with Crippen molar-refractivity contribution in [2.24, 2.45) is 5.92 Å². The van der Waals surface area contributed by atoms with E-state index in [1.807, 2.05) is 0 Å². The average molecular weight is 447 g/mol. The van der Waals surface area contributed by atoms with Gasteiger partial charge in [-0.2, -0.15) is 0 Å². The Bertz CT molecular complexity index is 794. The number of anilines is 1. The van der Waals surface area contributed by atoms with E-state index >= 15 is 0 Å². The van der Waals surface area contributed by atoms with Gasteiger partial charge in [0.2, 0.25) is 15.9 Å². The van der Waals surface area contributed by atoms with Crippen molar-refractivity contribution in [1.82, 2.24) is 5.32 Å². The summed E-state index contributed by atoms with van der Waals surface area (Å²) in [5.74, 6) is 1.18. The quantitative estimate of drug-likeness (QED) is 0.593. The molecule has 9 heteroatoms. The van der Waals surface area contributed by atoms with Gasteiger partial charge in [-0.25, -0.2) is 8.42 Å². The number of amides is 1. The fourth-order valence-electron chi connectivity index (χ4n) is 3.63. The van der Waals surface area contributed by atoms with Gasteiger partial charge < -0.3 is 14.8 Å². The van der Waals surface area contributed by atoms with Crippen LogP contribution in [0, 0.1) is 5.92 Å². The molecule has 0 saturated heterocycles. The van der Waals surface area contributed by atoms with Crippen LogP contribution in [0.5, 0.6) is 11.5 Å². The standard InChI is InChI=1S/C20H31ClN2O5S/c1-27-18-13-17(19(28-2)12-16(18)21)23(29(3,25)26)11-7-10-20(24)22-14-15-8-5-4-6-9-15/h12-13,15H,4-11,14H2,1-3H3,(H,22,24). The van der Waals surface area contributed by atoms with Crippen LogP contribution < -0.4 is 19.1 Å². The summed E-state index contributed by atoms with van der Waals surface area (Å²) < 4.78 is 36.5. The number of hydrogen-bond donors (Lipinski definition) is 1. The molecule has 0 heterocycles. The van der Waals surface area contributed by atoms with Gasteiger partial charge in [0, 0.05) is 31.6 Å². The molecular weight excluding hydrogens is 416 g/mol. The third-order valence-electron chi connectivity index (χ3n) is 5.20. The van der Waals surface area contributed by atoms with E-state index in [0.717, 1.165) is 6.26 Å². The van der Waals surface area contributed by atoms with Crippen LogP contribution in [-0.4, -0.2) is 47.9 Å². The van der Waals surface area contributed by atoms with Crippen molar-refractivity contribution in [3.63, 3.8) is 0 Å². The molecule has 2 rings (SSSR count). The van der Waals surface area contributed by atoms with Crippen LogP contribution in [0.15, 0.2) is 12.1 Å². The van der Waals surface area contributed by atoms with E-state index < -0.39 is 10.0 Å². The molecule has 1 N–H and O–H groups in total. The predicted octanol–water partition coefficient (Wildman–Crippen LogP) is 3.60. The predicted molar refractivity (Wildman–Crippen MR) is 116 cm³/mol. The third kappa shape index (κ3) is 6.96. The van der Waals surface area contributed by atoms with Crippen LogP contribution in [0.3, 0.4) is 0 Å². The molecule has 7 nitrogen and oxygen atoms in total. The Morgan fingerprint density at radius 3 is 2.41 bits per heavy atom. The number of ether oxygens (including phenoxy) is 2. The number of carbonyl (C=O) groups is 1. The number of rotatable bonds is 10. The van der Waals surface area contributed by atoms with Crippen LogP contribution in [0.25, 0.3) is 0 Å². The zero-order valence-electron chi connectivity index (χ0n) is 17.4. The Labute approximate surface area is 178 Å². The van der Waals surface area contributed by atoms with Gasteiger partial charge in [0.25, 0.3) is 0 Å². The average Bonchev–Trinajstić information content (AvgIpc) is 2.69. The molecule has 0 radical (unpaired) electrons. The van der Waals surface area contributed by atoms with Crippen molar-refractivity contribution in [2.45, 2.75) is 44.9 Å². The number of nitrogens with one attached hydrogen (secondary N) is 1. The fraction of sp³-hybridized carbons (Fsp3) is 0.650. The van der Waals surface area contributed by atoms with Crippen molar-refractivity contribution >= 4 is 33.2 Å². The van der Waals surface area contributed by atoms with E-state index in [0.29, 0.717) is 41.1 Å². The molecule has 1 aromatic carbocycles. The summed E-state index contributed by atoms with van der Waals surface area (Å²) in [6.45, 7) is 0.855. The topological polar surface area (TPSA) is 84.9 Å². The molecule has 1 aromatic rings. The SMILES string of the molecule is COc1cc(N(CCCC(=O)NCC2CCCCC2)S(C)(=O)=O)c(OC)cc1Cl. The van der Waals surface area contributed by atoms with Crippen molar-refractivity contribution < 1.29 is 22.7 Å². The van der Waals surface area contributed by atoms with E-state index in [2.05, 4.69) is 5.32 Å². The fourth-order valence-corrected chi connectivity index (χ4v) is 4.82. The molecular formula is C20H31ClN2O5S. The molecule has 1 aliphatic rings. The van der Waals surface area contributed by atoms with Crippen molar-refractivity contribution in [3.05, 3.63) is 17.2 Å².